The maximum absolute atomic E-state index is 5.61. The molecule has 21 heavy (non-hydrogen) atoms. The van der Waals surface area contributed by atoms with Crippen LogP contribution in [0.3, 0.4) is 0 Å². The molecule has 1 aromatic heterocycles. The van der Waals surface area contributed by atoms with Gasteiger partial charge >= 0.3 is 0 Å². The van der Waals surface area contributed by atoms with Crippen LogP contribution >= 0.6 is 0 Å². The number of methoxy groups -OCH3 is 1. The van der Waals surface area contributed by atoms with Gasteiger partial charge in [0.05, 0.1) is 17.7 Å². The summed E-state index contributed by atoms with van der Waals surface area (Å²) in [4.78, 5) is 4.32. The molecule has 2 aromatic rings. The van der Waals surface area contributed by atoms with E-state index < -0.39 is 0 Å². The Morgan fingerprint density at radius 1 is 1.24 bits per heavy atom. The van der Waals surface area contributed by atoms with E-state index in [1.807, 2.05) is 25.1 Å². The predicted octanol–water partition coefficient (Wildman–Crippen LogP) is 3.41. The molecular weight excluding hydrogens is 266 g/mol. The van der Waals surface area contributed by atoms with Crippen molar-refractivity contribution in [3.8, 4) is 11.5 Å². The van der Waals surface area contributed by atoms with Gasteiger partial charge in [-0.05, 0) is 31.9 Å². The molecule has 1 saturated carbocycles. The van der Waals surface area contributed by atoms with E-state index in [9.17, 15) is 0 Å². The summed E-state index contributed by atoms with van der Waals surface area (Å²) in [6, 6.07) is 8.37. The largest absolute Gasteiger partial charge is 0.379 e. The minimum atomic E-state index is 0.260. The molecule has 0 aliphatic heterocycles. The first-order valence-corrected chi connectivity index (χ1v) is 7.47. The van der Waals surface area contributed by atoms with Gasteiger partial charge in [-0.15, -0.1) is 0 Å². The van der Waals surface area contributed by atoms with Crippen LogP contribution in [-0.2, 0) is 4.74 Å². The van der Waals surface area contributed by atoms with E-state index in [-0.39, 0.29) is 6.10 Å². The molecule has 2 atom stereocenters. The van der Waals surface area contributed by atoms with Gasteiger partial charge in [0.15, 0.2) is 5.82 Å². The Morgan fingerprint density at radius 3 is 2.81 bits per heavy atom. The summed E-state index contributed by atoms with van der Waals surface area (Å²) in [5.41, 5.74) is 1.97. The van der Waals surface area contributed by atoms with E-state index in [2.05, 4.69) is 21.5 Å². The highest BCUT2D eigenvalue weighted by Gasteiger charge is 2.25. The predicted molar refractivity (Wildman–Crippen MR) is 81.1 cm³/mol. The summed E-state index contributed by atoms with van der Waals surface area (Å²) in [6.07, 6.45) is 4.96. The lowest BCUT2D eigenvalue weighted by Crippen LogP contribution is -2.37. The van der Waals surface area contributed by atoms with Gasteiger partial charge in [-0.1, -0.05) is 30.1 Å². The van der Waals surface area contributed by atoms with E-state index in [1.54, 1.807) is 7.11 Å². The number of benzene rings is 1. The summed E-state index contributed by atoms with van der Waals surface area (Å²) >= 11 is 0. The maximum Gasteiger partial charge on any atom is 0.260 e. The van der Waals surface area contributed by atoms with Crippen LogP contribution in [0.1, 0.15) is 31.5 Å². The molecule has 0 bridgehead atoms. The van der Waals surface area contributed by atoms with Gasteiger partial charge < -0.3 is 14.6 Å². The number of nitrogens with zero attached hydrogens (tertiary/aromatic N) is 2. The average molecular weight is 287 g/mol. The standard InChI is InChI=1S/C16H21N3O2/c1-11-17-16(21-19-11)12-7-3-4-8-13(12)18-14-9-5-6-10-15(14)20-2/h3-4,7-8,14-15,18H,5-6,9-10H2,1-2H3. The number of hydrogen-bond donors (Lipinski definition) is 1. The van der Waals surface area contributed by atoms with Crippen LogP contribution in [0, 0.1) is 6.92 Å². The Bertz CT molecular complexity index is 597. The molecule has 0 spiro atoms. The first kappa shape index (κ1) is 14.1. The minimum Gasteiger partial charge on any atom is -0.379 e. The van der Waals surface area contributed by atoms with Gasteiger partial charge in [0.2, 0.25) is 0 Å². The Hall–Kier alpha value is -1.88. The van der Waals surface area contributed by atoms with Gasteiger partial charge in [0.1, 0.15) is 0 Å². The normalized spacial score (nSPS) is 22.2. The quantitative estimate of drug-likeness (QED) is 0.933. The van der Waals surface area contributed by atoms with E-state index in [0.29, 0.717) is 17.8 Å². The smallest absolute Gasteiger partial charge is 0.260 e. The zero-order valence-electron chi connectivity index (χ0n) is 12.5. The number of ether oxygens (including phenoxy) is 1. The van der Waals surface area contributed by atoms with Gasteiger partial charge in [-0.25, -0.2) is 0 Å². The van der Waals surface area contributed by atoms with Crippen molar-refractivity contribution in [2.45, 2.75) is 44.8 Å². The summed E-state index contributed by atoms with van der Waals surface area (Å²) in [5.74, 6) is 1.20. The number of rotatable bonds is 4. The van der Waals surface area contributed by atoms with Gasteiger partial charge in [0.25, 0.3) is 5.89 Å². The van der Waals surface area contributed by atoms with Gasteiger partial charge in [-0.2, -0.15) is 4.98 Å². The summed E-state index contributed by atoms with van der Waals surface area (Å²) in [6.45, 7) is 1.82. The SMILES string of the molecule is COC1CCCCC1Nc1ccccc1-c1nc(C)no1. The van der Waals surface area contributed by atoms with Crippen LogP contribution in [0.2, 0.25) is 0 Å². The summed E-state index contributed by atoms with van der Waals surface area (Å²) < 4.78 is 10.9. The lowest BCUT2D eigenvalue weighted by atomic mass is 9.92. The lowest BCUT2D eigenvalue weighted by Gasteiger charge is -2.32. The van der Waals surface area contributed by atoms with Crippen molar-refractivity contribution in [3.05, 3.63) is 30.1 Å². The number of hydrogen-bond acceptors (Lipinski definition) is 5. The molecule has 2 unspecified atom stereocenters. The third-order valence-corrected chi connectivity index (χ3v) is 4.03. The Labute approximate surface area is 124 Å². The fraction of sp³-hybridized carbons (Fsp3) is 0.500. The highest BCUT2D eigenvalue weighted by molar-refractivity contribution is 5.72. The highest BCUT2D eigenvalue weighted by Crippen LogP contribution is 2.30. The van der Waals surface area contributed by atoms with E-state index in [4.69, 9.17) is 9.26 Å². The zero-order chi connectivity index (χ0) is 14.7. The molecule has 0 amide bonds. The average Bonchev–Trinajstić information content (AvgIpc) is 2.95. The van der Waals surface area contributed by atoms with Crippen molar-refractivity contribution in [1.82, 2.24) is 10.1 Å². The van der Waals surface area contributed by atoms with Crippen LogP contribution in [0.15, 0.2) is 28.8 Å². The summed E-state index contributed by atoms with van der Waals surface area (Å²) in [5, 5.41) is 7.48. The molecular formula is C16H21N3O2. The van der Waals surface area contributed by atoms with Gasteiger partial charge in [-0.3, -0.25) is 0 Å². The molecule has 1 aromatic carbocycles. The second-order valence-corrected chi connectivity index (χ2v) is 5.50. The lowest BCUT2D eigenvalue weighted by molar-refractivity contribution is 0.0606. The third-order valence-electron chi connectivity index (χ3n) is 4.03. The number of aryl methyl sites for hydroxylation is 1. The zero-order valence-corrected chi connectivity index (χ0v) is 12.5. The van der Waals surface area contributed by atoms with E-state index >= 15 is 0 Å². The van der Waals surface area contributed by atoms with Crippen molar-refractivity contribution < 1.29 is 9.26 Å². The number of anilines is 1. The first-order valence-electron chi connectivity index (χ1n) is 7.47. The van der Waals surface area contributed by atoms with Crippen molar-refractivity contribution in [2.24, 2.45) is 0 Å². The number of aromatic nitrogens is 2. The maximum atomic E-state index is 5.61. The van der Waals surface area contributed by atoms with Crippen LogP contribution in [0.4, 0.5) is 5.69 Å². The van der Waals surface area contributed by atoms with E-state index in [1.165, 1.54) is 12.8 Å². The summed E-state index contributed by atoms with van der Waals surface area (Å²) in [7, 11) is 1.79. The topological polar surface area (TPSA) is 60.2 Å². The highest BCUT2D eigenvalue weighted by atomic mass is 16.5. The molecule has 5 nitrogen and oxygen atoms in total. The van der Waals surface area contributed by atoms with Crippen LogP contribution in [0.25, 0.3) is 11.5 Å². The number of nitrogens with one attached hydrogen (secondary N) is 1. The molecule has 1 aliphatic carbocycles. The molecule has 1 heterocycles. The van der Waals surface area contributed by atoms with Crippen molar-refractivity contribution >= 4 is 5.69 Å². The second kappa shape index (κ2) is 6.26. The van der Waals surface area contributed by atoms with Crippen LogP contribution in [0.5, 0.6) is 0 Å². The fourth-order valence-electron chi connectivity index (χ4n) is 2.95. The van der Waals surface area contributed by atoms with Crippen LogP contribution < -0.4 is 5.32 Å². The monoisotopic (exact) mass is 287 g/mol. The first-order chi connectivity index (χ1) is 10.3. The molecule has 112 valence electrons. The van der Waals surface area contributed by atoms with Crippen molar-refractivity contribution in [3.63, 3.8) is 0 Å². The third kappa shape index (κ3) is 3.08. The second-order valence-electron chi connectivity index (χ2n) is 5.50. The van der Waals surface area contributed by atoms with E-state index in [0.717, 1.165) is 24.1 Å². The minimum absolute atomic E-state index is 0.260. The van der Waals surface area contributed by atoms with Crippen molar-refractivity contribution in [1.29, 1.82) is 0 Å². The Kier molecular flexibility index (Phi) is 4.20. The van der Waals surface area contributed by atoms with Crippen molar-refractivity contribution in [2.75, 3.05) is 12.4 Å². The molecule has 0 saturated heterocycles. The molecule has 1 N–H and O–H groups in total. The number of para-hydroxylation sites is 1. The fourth-order valence-corrected chi connectivity index (χ4v) is 2.95. The van der Waals surface area contributed by atoms with Gasteiger partial charge in [0, 0.05) is 12.8 Å². The Morgan fingerprint density at radius 2 is 2.05 bits per heavy atom. The molecule has 1 fully saturated rings. The molecule has 3 rings (SSSR count). The Balaban J connectivity index is 1.85. The molecule has 5 heteroatoms. The molecule has 1 aliphatic rings. The van der Waals surface area contributed by atoms with Crippen LogP contribution in [-0.4, -0.2) is 29.4 Å². The molecule has 0 radical (unpaired) electrons.